The number of ether oxygens (including phenoxy) is 1. The van der Waals surface area contributed by atoms with Crippen LogP contribution in [0.5, 0.6) is 0 Å². The quantitative estimate of drug-likeness (QED) is 0.423. The van der Waals surface area contributed by atoms with Crippen LogP contribution in [0.25, 0.3) is 0 Å². The van der Waals surface area contributed by atoms with E-state index in [0.29, 0.717) is 13.0 Å². The first-order valence-corrected chi connectivity index (χ1v) is 10.6. The first-order chi connectivity index (χ1) is 9.55. The average molecular weight is 317 g/mol. The fraction of sp³-hybridized carbons (Fsp3) is 0.812. The molecule has 0 rings (SSSR count). The topological polar surface area (TPSA) is 55.8 Å². The van der Waals surface area contributed by atoms with E-state index in [2.05, 4.69) is 33.9 Å². The first-order valence-electron chi connectivity index (χ1n) is 7.67. The molecular weight excluding hydrogens is 284 g/mol. The Balaban J connectivity index is 4.80. The van der Waals surface area contributed by atoms with Crippen molar-refractivity contribution in [2.24, 2.45) is 5.92 Å². The molecule has 0 amide bonds. The van der Waals surface area contributed by atoms with Gasteiger partial charge in [0.2, 0.25) is 0 Å². The molecule has 4 nitrogen and oxygen atoms in total. The number of rotatable bonds is 8. The summed E-state index contributed by atoms with van der Waals surface area (Å²) < 4.78 is 11.2. The highest BCUT2D eigenvalue weighted by atomic mass is 28.4. The van der Waals surface area contributed by atoms with Crippen LogP contribution in [0.4, 0.5) is 0 Å². The smallest absolute Gasteiger partial charge is 0.330 e. The van der Waals surface area contributed by atoms with Gasteiger partial charge in [0.1, 0.15) is 0 Å². The lowest BCUT2D eigenvalue weighted by Crippen LogP contribution is -2.45. The molecule has 0 aromatic heterocycles. The zero-order valence-electron chi connectivity index (χ0n) is 14.6. The monoisotopic (exact) mass is 316 g/mol. The molecule has 2 atom stereocenters. The highest BCUT2D eigenvalue weighted by molar-refractivity contribution is 6.74. The van der Waals surface area contributed by atoms with Gasteiger partial charge in [-0.2, -0.15) is 0 Å². The molecule has 21 heavy (non-hydrogen) atoms. The van der Waals surface area contributed by atoms with Crippen LogP contribution in [0.15, 0.2) is 12.2 Å². The third-order valence-electron chi connectivity index (χ3n) is 4.08. The van der Waals surface area contributed by atoms with Crippen molar-refractivity contribution >= 4 is 14.3 Å². The van der Waals surface area contributed by atoms with Crippen LogP contribution in [0.1, 0.15) is 41.0 Å². The highest BCUT2D eigenvalue weighted by Crippen LogP contribution is 2.38. The summed E-state index contributed by atoms with van der Waals surface area (Å²) in [5, 5.41) is 9.53. The Morgan fingerprint density at radius 1 is 1.33 bits per heavy atom. The number of hydrogen-bond donors (Lipinski definition) is 1. The van der Waals surface area contributed by atoms with E-state index >= 15 is 0 Å². The van der Waals surface area contributed by atoms with Crippen molar-refractivity contribution in [1.29, 1.82) is 0 Å². The Kier molecular flexibility index (Phi) is 8.44. The van der Waals surface area contributed by atoms with E-state index in [0.717, 1.165) is 0 Å². The van der Waals surface area contributed by atoms with Crippen LogP contribution in [0, 0.1) is 5.92 Å². The summed E-state index contributed by atoms with van der Waals surface area (Å²) in [5.41, 5.74) is 0. The van der Waals surface area contributed by atoms with Crippen molar-refractivity contribution in [2.45, 2.75) is 65.3 Å². The Labute approximate surface area is 130 Å². The molecule has 124 valence electrons. The maximum Gasteiger partial charge on any atom is 0.330 e. The van der Waals surface area contributed by atoms with Gasteiger partial charge in [-0.3, -0.25) is 0 Å². The third-order valence-corrected chi connectivity index (χ3v) is 8.59. The van der Waals surface area contributed by atoms with Gasteiger partial charge in [0.05, 0.1) is 12.7 Å². The van der Waals surface area contributed by atoms with Gasteiger partial charge >= 0.3 is 5.97 Å². The molecule has 0 unspecified atom stereocenters. The molecule has 0 spiro atoms. The van der Waals surface area contributed by atoms with Crippen LogP contribution in [-0.2, 0) is 14.0 Å². The second-order valence-corrected chi connectivity index (χ2v) is 11.7. The normalized spacial score (nSPS) is 16.0. The summed E-state index contributed by atoms with van der Waals surface area (Å²) in [6.45, 7) is 15.2. The maximum absolute atomic E-state index is 11.3. The molecule has 0 bridgehead atoms. The number of aliphatic hydroxyl groups is 1. The number of hydrogen-bond acceptors (Lipinski definition) is 4. The summed E-state index contributed by atoms with van der Waals surface area (Å²) in [7, 11) is -1.90. The highest BCUT2D eigenvalue weighted by Gasteiger charge is 2.39. The average Bonchev–Trinajstić information content (AvgIpc) is 2.35. The Hall–Kier alpha value is -0.653. The summed E-state index contributed by atoms with van der Waals surface area (Å²) in [6, 6.07) is 0. The molecule has 0 aliphatic carbocycles. The van der Waals surface area contributed by atoms with Crippen molar-refractivity contribution in [3.63, 3.8) is 0 Å². The molecule has 0 radical (unpaired) electrons. The van der Waals surface area contributed by atoms with Gasteiger partial charge in [-0.1, -0.05) is 33.8 Å². The number of carbonyl (C=O) groups is 1. The standard InChI is InChI=1S/C16H32O4Si/c1-8-19-15(18)11-9-10-14(13(2)12-17)20-21(6,7)16(3,4)5/h9,11,13-14,17H,8,10,12H2,1-7H3/b11-9+/t13-,14+/m1/s1. The molecule has 0 aromatic rings. The minimum absolute atomic E-state index is 0.0333. The molecule has 1 N–H and O–H groups in total. The Bertz CT molecular complexity index is 345. The predicted molar refractivity (Wildman–Crippen MR) is 88.7 cm³/mol. The summed E-state index contributed by atoms with van der Waals surface area (Å²) >= 11 is 0. The van der Waals surface area contributed by atoms with E-state index in [-0.39, 0.29) is 29.6 Å². The van der Waals surface area contributed by atoms with E-state index in [1.54, 1.807) is 13.0 Å². The molecule has 0 fully saturated rings. The SMILES string of the molecule is CCOC(=O)/C=C/C[C@H](O[Si](C)(C)C(C)(C)C)[C@H](C)CO. The van der Waals surface area contributed by atoms with Crippen molar-refractivity contribution < 1.29 is 19.1 Å². The zero-order chi connectivity index (χ0) is 16.7. The predicted octanol–water partition coefficient (Wildman–Crippen LogP) is 3.51. The van der Waals surface area contributed by atoms with E-state index in [4.69, 9.17) is 9.16 Å². The summed E-state index contributed by atoms with van der Waals surface area (Å²) in [6.07, 6.45) is 3.74. The molecular formula is C16H32O4Si. The Morgan fingerprint density at radius 3 is 2.33 bits per heavy atom. The van der Waals surface area contributed by atoms with Crippen LogP contribution < -0.4 is 0 Å². The second-order valence-electron chi connectivity index (χ2n) is 6.97. The van der Waals surface area contributed by atoms with Gasteiger partial charge in [0.25, 0.3) is 0 Å². The van der Waals surface area contributed by atoms with Gasteiger partial charge < -0.3 is 14.3 Å². The summed E-state index contributed by atoms with van der Waals surface area (Å²) in [5.74, 6) is -0.300. The molecule has 0 aliphatic heterocycles. The minimum atomic E-state index is -1.90. The second kappa shape index (κ2) is 8.71. The van der Waals surface area contributed by atoms with Crippen LogP contribution in [-0.4, -0.2) is 38.7 Å². The number of esters is 1. The van der Waals surface area contributed by atoms with E-state index in [9.17, 15) is 9.90 Å². The lowest BCUT2D eigenvalue weighted by atomic mass is 10.0. The molecule has 0 aliphatic rings. The first kappa shape index (κ1) is 20.3. The van der Waals surface area contributed by atoms with Crippen molar-refractivity contribution in [3.8, 4) is 0 Å². The minimum Gasteiger partial charge on any atom is -0.463 e. The van der Waals surface area contributed by atoms with E-state index in [1.165, 1.54) is 6.08 Å². The van der Waals surface area contributed by atoms with Gasteiger partial charge in [-0.15, -0.1) is 0 Å². The fourth-order valence-electron chi connectivity index (χ4n) is 1.56. The van der Waals surface area contributed by atoms with Crippen LogP contribution >= 0.6 is 0 Å². The molecule has 0 saturated carbocycles. The van der Waals surface area contributed by atoms with Crippen molar-refractivity contribution in [2.75, 3.05) is 13.2 Å². The molecule has 5 heteroatoms. The molecule has 0 heterocycles. The molecule has 0 aromatic carbocycles. The van der Waals surface area contributed by atoms with E-state index < -0.39 is 8.32 Å². The third kappa shape index (κ3) is 7.25. The van der Waals surface area contributed by atoms with Crippen LogP contribution in [0.3, 0.4) is 0 Å². The van der Waals surface area contributed by atoms with Gasteiger partial charge in [0.15, 0.2) is 8.32 Å². The number of aliphatic hydroxyl groups excluding tert-OH is 1. The van der Waals surface area contributed by atoms with Crippen molar-refractivity contribution in [1.82, 2.24) is 0 Å². The molecule has 0 saturated heterocycles. The van der Waals surface area contributed by atoms with Crippen LogP contribution in [0.2, 0.25) is 18.1 Å². The van der Waals surface area contributed by atoms with E-state index in [1.807, 2.05) is 6.92 Å². The maximum atomic E-state index is 11.3. The zero-order valence-corrected chi connectivity index (χ0v) is 15.6. The lowest BCUT2D eigenvalue weighted by Gasteiger charge is -2.40. The fourth-order valence-corrected chi connectivity index (χ4v) is 3.00. The van der Waals surface area contributed by atoms with Crippen molar-refractivity contribution in [3.05, 3.63) is 12.2 Å². The summed E-state index contributed by atoms with van der Waals surface area (Å²) in [4.78, 5) is 11.3. The van der Waals surface area contributed by atoms with Gasteiger partial charge in [-0.05, 0) is 31.5 Å². The largest absolute Gasteiger partial charge is 0.463 e. The van der Waals surface area contributed by atoms with Gasteiger partial charge in [0, 0.05) is 18.6 Å². The lowest BCUT2D eigenvalue weighted by molar-refractivity contribution is -0.137. The van der Waals surface area contributed by atoms with Gasteiger partial charge in [-0.25, -0.2) is 4.79 Å². The number of carbonyl (C=O) groups excluding carboxylic acids is 1. The Morgan fingerprint density at radius 2 is 1.90 bits per heavy atom.